The maximum absolute atomic E-state index is 11.4. The van der Waals surface area contributed by atoms with Gasteiger partial charge in [0.2, 0.25) is 0 Å². The number of esters is 1. The summed E-state index contributed by atoms with van der Waals surface area (Å²) in [7, 11) is -3.33. The average molecular weight is 356 g/mol. The topological polar surface area (TPSA) is 70.8 Å². The van der Waals surface area contributed by atoms with E-state index in [1.54, 1.807) is 6.92 Å². The largest absolute Gasteiger partial charge is 0.462 e. The molecule has 0 heterocycles. The van der Waals surface area contributed by atoms with Gasteiger partial charge in [-0.05, 0) is 46.8 Å². The Balaban J connectivity index is 4.82. The van der Waals surface area contributed by atoms with E-state index in [4.69, 9.17) is 17.9 Å². The van der Waals surface area contributed by atoms with Crippen molar-refractivity contribution in [1.82, 2.24) is 0 Å². The lowest BCUT2D eigenvalue weighted by Crippen LogP contribution is -2.42. The zero-order valence-electron chi connectivity index (χ0n) is 13.8. The number of thiol groups is 1. The van der Waals surface area contributed by atoms with E-state index < -0.39 is 24.5 Å². The van der Waals surface area contributed by atoms with Crippen molar-refractivity contribution in [3.8, 4) is 0 Å². The van der Waals surface area contributed by atoms with Crippen molar-refractivity contribution >= 4 is 38.4 Å². The average Bonchev–Trinajstić information content (AvgIpc) is 2.34. The minimum absolute atomic E-state index is 0.0591. The summed E-state index contributed by atoms with van der Waals surface area (Å²) >= 11 is 3.93. The first-order valence-electron chi connectivity index (χ1n) is 6.87. The molecule has 2 atom stereocenters. The summed E-state index contributed by atoms with van der Waals surface area (Å²) in [6, 6.07) is 0. The van der Waals surface area contributed by atoms with Gasteiger partial charge in [-0.3, -0.25) is 5.14 Å². The highest BCUT2D eigenvalue weighted by molar-refractivity contribution is 8.29. The van der Waals surface area contributed by atoms with Gasteiger partial charge in [0.25, 0.3) is 0 Å². The Morgan fingerprint density at radius 2 is 2.00 bits per heavy atom. The van der Waals surface area contributed by atoms with E-state index in [1.165, 1.54) is 0 Å². The Morgan fingerprint density at radius 3 is 2.38 bits per heavy atom. The molecule has 5 nitrogen and oxygen atoms in total. The summed E-state index contributed by atoms with van der Waals surface area (Å²) in [5.74, 6) is 0.252. The maximum Gasteiger partial charge on any atom is 0.333 e. The van der Waals surface area contributed by atoms with Crippen molar-refractivity contribution < 1.29 is 17.6 Å². The minimum Gasteiger partial charge on any atom is -0.462 e. The van der Waals surface area contributed by atoms with Crippen LogP contribution in [0.5, 0.6) is 0 Å². The molecule has 0 bridgehead atoms. The quantitative estimate of drug-likeness (QED) is 0.219. The van der Waals surface area contributed by atoms with Crippen LogP contribution in [0.3, 0.4) is 0 Å². The lowest BCUT2D eigenvalue weighted by molar-refractivity contribution is -0.139. The molecule has 0 rings (SSSR count). The van der Waals surface area contributed by atoms with Gasteiger partial charge >= 0.3 is 5.97 Å². The van der Waals surface area contributed by atoms with Crippen molar-refractivity contribution in [2.45, 2.75) is 45.7 Å². The number of hydrogen-bond acceptors (Lipinski definition) is 6. The molecular weight excluding hydrogens is 326 g/mol. The minimum atomic E-state index is -1.98. The second-order valence-corrected chi connectivity index (χ2v) is 11.8. The first kappa shape index (κ1) is 21.0. The Morgan fingerprint density at radius 1 is 1.48 bits per heavy atom. The van der Waals surface area contributed by atoms with Crippen molar-refractivity contribution in [2.75, 3.05) is 12.4 Å². The second kappa shape index (κ2) is 8.59. The van der Waals surface area contributed by atoms with Gasteiger partial charge in [-0.25, -0.2) is 4.79 Å². The third-order valence-electron chi connectivity index (χ3n) is 2.80. The Hall–Kier alpha value is 0.00688. The number of carbonyl (C=O) groups excluding carboxylic acids is 1. The van der Waals surface area contributed by atoms with Crippen molar-refractivity contribution in [3.05, 3.63) is 12.2 Å². The van der Waals surface area contributed by atoms with Crippen LogP contribution in [0.1, 0.15) is 27.7 Å². The zero-order valence-corrected chi connectivity index (χ0v) is 16.7. The van der Waals surface area contributed by atoms with Crippen LogP contribution >= 0.6 is 23.4 Å². The van der Waals surface area contributed by atoms with E-state index in [0.717, 1.165) is 0 Å². The third-order valence-corrected chi connectivity index (χ3v) is 9.10. The van der Waals surface area contributed by atoms with Crippen LogP contribution in [-0.4, -0.2) is 32.3 Å². The fourth-order valence-electron chi connectivity index (χ4n) is 1.57. The monoisotopic (exact) mass is 355 g/mol. The first-order valence-corrected chi connectivity index (χ1v) is 11.8. The summed E-state index contributed by atoms with van der Waals surface area (Å²) in [6.07, 6.45) is 0. The number of ether oxygens (including phenoxy) is 1. The summed E-state index contributed by atoms with van der Waals surface area (Å²) in [5.41, 5.74) is 0.387. The van der Waals surface area contributed by atoms with Crippen molar-refractivity contribution in [1.29, 1.82) is 0 Å². The van der Waals surface area contributed by atoms with Gasteiger partial charge in [-0.2, -0.15) is 0 Å². The molecule has 2 unspecified atom stereocenters. The summed E-state index contributed by atoms with van der Waals surface area (Å²) < 4.78 is 16.5. The van der Waals surface area contributed by atoms with Crippen LogP contribution < -0.4 is 5.14 Å². The normalized spacial score (nSPS) is 18.0. The molecule has 2 N–H and O–H groups in total. The van der Waals surface area contributed by atoms with Crippen LogP contribution in [0.15, 0.2) is 12.2 Å². The fraction of sp³-hybridized carbons (Fsp3) is 0.769. The molecule has 0 aromatic rings. The van der Waals surface area contributed by atoms with Crippen LogP contribution in [0.25, 0.3) is 0 Å². The molecule has 0 aliphatic carbocycles. The first-order chi connectivity index (χ1) is 9.45. The molecule has 0 aromatic heterocycles. The van der Waals surface area contributed by atoms with E-state index in [2.05, 4.69) is 32.6 Å². The lowest BCUT2D eigenvalue weighted by Gasteiger charge is -2.48. The molecule has 8 heteroatoms. The van der Waals surface area contributed by atoms with Gasteiger partial charge in [0.1, 0.15) is 4.93 Å². The number of carbonyl (C=O) groups is 1. The van der Waals surface area contributed by atoms with Gasteiger partial charge in [-0.15, -0.1) is 0 Å². The fourth-order valence-corrected chi connectivity index (χ4v) is 7.41. The standard InChI is InChI=1S/C13H29NO4S2Si/c1-10(2)12(15)16-8-11(3)9-20(14,18-21(6)7)13(4,5)17-19/h11,19,21H,1,8-9,14H2,2-7H3. The Kier molecular flexibility index (Phi) is 8.59. The molecule has 21 heavy (non-hydrogen) atoms. The Bertz CT molecular complexity index is 379. The SMILES string of the molecule is C=C(C)C(=O)OCC(C)CS(N)(O[SiH](C)C)C(C)(C)OS. The summed E-state index contributed by atoms with van der Waals surface area (Å²) in [4.78, 5) is 10.8. The highest BCUT2D eigenvalue weighted by atomic mass is 32.3. The maximum atomic E-state index is 11.4. The molecule has 0 amide bonds. The van der Waals surface area contributed by atoms with Gasteiger partial charge in [0.15, 0.2) is 9.04 Å². The van der Waals surface area contributed by atoms with Crippen LogP contribution in [0.2, 0.25) is 13.1 Å². The van der Waals surface area contributed by atoms with Crippen LogP contribution in [0.4, 0.5) is 0 Å². The second-order valence-electron chi connectivity index (χ2n) is 6.01. The van der Waals surface area contributed by atoms with Crippen molar-refractivity contribution in [3.63, 3.8) is 0 Å². The number of rotatable bonds is 9. The van der Waals surface area contributed by atoms with Gasteiger partial charge in [0.05, 0.1) is 6.61 Å². The van der Waals surface area contributed by atoms with Gasteiger partial charge in [0, 0.05) is 17.2 Å². The highest BCUT2D eigenvalue weighted by Crippen LogP contribution is 2.56. The predicted molar refractivity (Wildman–Crippen MR) is 95.7 cm³/mol. The molecule has 0 aliphatic heterocycles. The molecule has 0 saturated carbocycles. The van der Waals surface area contributed by atoms with E-state index in [9.17, 15) is 4.79 Å². The zero-order chi connectivity index (χ0) is 16.8. The van der Waals surface area contributed by atoms with Crippen LogP contribution in [-0.2, 0) is 17.6 Å². The molecule has 0 aliphatic rings. The molecule has 126 valence electrons. The van der Waals surface area contributed by atoms with Gasteiger partial charge < -0.3 is 12.8 Å². The smallest absolute Gasteiger partial charge is 0.333 e. The van der Waals surface area contributed by atoms with Crippen LogP contribution in [0, 0.1) is 5.92 Å². The lowest BCUT2D eigenvalue weighted by atomic mass is 10.2. The van der Waals surface area contributed by atoms with Gasteiger partial charge in [-0.1, -0.05) is 24.0 Å². The number of hydrogen-bond donors (Lipinski definition) is 2. The Labute approximate surface area is 137 Å². The summed E-state index contributed by atoms with van der Waals surface area (Å²) in [5, 5.41) is 6.52. The third kappa shape index (κ3) is 6.75. The van der Waals surface area contributed by atoms with E-state index in [1.807, 2.05) is 20.8 Å². The molecular formula is C13H29NO4S2Si. The van der Waals surface area contributed by atoms with E-state index in [-0.39, 0.29) is 18.5 Å². The van der Waals surface area contributed by atoms with E-state index in [0.29, 0.717) is 11.3 Å². The summed E-state index contributed by atoms with van der Waals surface area (Å²) in [6.45, 7) is 15.3. The molecule has 0 aromatic carbocycles. The van der Waals surface area contributed by atoms with Crippen molar-refractivity contribution in [2.24, 2.45) is 11.1 Å². The van der Waals surface area contributed by atoms with E-state index >= 15 is 0 Å². The molecule has 0 radical (unpaired) electrons. The predicted octanol–water partition coefficient (Wildman–Crippen LogP) is 2.93. The molecule has 0 fully saturated rings. The number of nitrogens with two attached hydrogens (primary N) is 1. The molecule has 0 spiro atoms. The highest BCUT2D eigenvalue weighted by Gasteiger charge is 2.41. The molecule has 0 saturated heterocycles.